The molecule has 1 aliphatic heterocycles. The van der Waals surface area contributed by atoms with Crippen molar-refractivity contribution >= 4 is 5.95 Å². The number of nitrogens with zero attached hydrogens (tertiary/aromatic N) is 5. The second kappa shape index (κ2) is 4.13. The van der Waals surface area contributed by atoms with Gasteiger partial charge in [0.15, 0.2) is 5.82 Å². The molecule has 1 aliphatic rings. The van der Waals surface area contributed by atoms with Crippen LogP contribution in [0.25, 0.3) is 11.5 Å². The molecule has 0 radical (unpaired) electrons. The fourth-order valence-electron chi connectivity index (χ4n) is 1.94. The predicted octanol–water partition coefficient (Wildman–Crippen LogP) is -0.612. The van der Waals surface area contributed by atoms with Crippen LogP contribution in [0.15, 0.2) is 6.20 Å². The average molecular weight is 234 g/mol. The van der Waals surface area contributed by atoms with Crippen molar-refractivity contribution in [3.8, 4) is 11.5 Å². The minimum atomic E-state index is 0.456. The van der Waals surface area contributed by atoms with Crippen molar-refractivity contribution in [1.82, 2.24) is 35.9 Å². The van der Waals surface area contributed by atoms with E-state index in [1.54, 1.807) is 6.20 Å². The highest BCUT2D eigenvalue weighted by atomic mass is 15.4. The third-order valence-corrected chi connectivity index (χ3v) is 2.78. The van der Waals surface area contributed by atoms with E-state index in [9.17, 15) is 0 Å². The topological polar surface area (TPSA) is 98.4 Å². The van der Waals surface area contributed by atoms with Crippen LogP contribution in [0.3, 0.4) is 0 Å². The summed E-state index contributed by atoms with van der Waals surface area (Å²) < 4.78 is 0. The van der Waals surface area contributed by atoms with Crippen LogP contribution < -0.4 is 10.2 Å². The second-order valence-corrected chi connectivity index (χ2v) is 4.14. The molecule has 8 nitrogen and oxygen atoms in total. The molecule has 0 aromatic carbocycles. The van der Waals surface area contributed by atoms with Crippen molar-refractivity contribution in [2.24, 2.45) is 0 Å². The number of H-pyrrole nitrogens is 2. The molecule has 2 aromatic rings. The molecule has 0 spiro atoms. The number of anilines is 1. The Balaban J connectivity index is 1.80. The molecule has 0 bridgehead atoms. The molecule has 3 heterocycles. The fourth-order valence-corrected chi connectivity index (χ4v) is 1.94. The summed E-state index contributed by atoms with van der Waals surface area (Å²) in [6.07, 6.45) is 1.62. The van der Waals surface area contributed by atoms with E-state index >= 15 is 0 Å². The van der Waals surface area contributed by atoms with Gasteiger partial charge in [0.1, 0.15) is 5.69 Å². The Morgan fingerprint density at radius 2 is 2.35 bits per heavy atom. The monoisotopic (exact) mass is 234 g/mol. The van der Waals surface area contributed by atoms with Gasteiger partial charge in [-0.1, -0.05) is 0 Å². The molecular weight excluding hydrogens is 220 g/mol. The van der Waals surface area contributed by atoms with Crippen molar-refractivity contribution in [3.63, 3.8) is 0 Å². The predicted molar refractivity (Wildman–Crippen MR) is 61.4 cm³/mol. The van der Waals surface area contributed by atoms with Crippen LogP contribution >= 0.6 is 0 Å². The molecule has 8 heteroatoms. The van der Waals surface area contributed by atoms with E-state index in [0.717, 1.165) is 25.6 Å². The second-order valence-electron chi connectivity index (χ2n) is 4.14. The smallest absolute Gasteiger partial charge is 0.245 e. The maximum Gasteiger partial charge on any atom is 0.245 e. The summed E-state index contributed by atoms with van der Waals surface area (Å²) >= 11 is 0. The number of piperazine rings is 1. The summed E-state index contributed by atoms with van der Waals surface area (Å²) in [5.41, 5.74) is 0.673. The molecule has 3 rings (SSSR count). The van der Waals surface area contributed by atoms with E-state index in [1.807, 2.05) is 0 Å². The summed E-state index contributed by atoms with van der Waals surface area (Å²) in [6, 6.07) is 0.456. The minimum Gasteiger partial charge on any atom is -0.337 e. The zero-order valence-electron chi connectivity index (χ0n) is 9.51. The van der Waals surface area contributed by atoms with Gasteiger partial charge < -0.3 is 10.2 Å². The molecule has 0 aliphatic carbocycles. The maximum atomic E-state index is 4.42. The van der Waals surface area contributed by atoms with Crippen molar-refractivity contribution in [1.29, 1.82) is 0 Å². The van der Waals surface area contributed by atoms with E-state index in [0.29, 0.717) is 17.6 Å². The van der Waals surface area contributed by atoms with Crippen molar-refractivity contribution < 1.29 is 0 Å². The van der Waals surface area contributed by atoms with Crippen LogP contribution in [-0.4, -0.2) is 56.3 Å². The van der Waals surface area contributed by atoms with E-state index in [-0.39, 0.29) is 0 Å². The lowest BCUT2D eigenvalue weighted by atomic mass is 10.2. The molecule has 1 unspecified atom stereocenters. The molecule has 2 aromatic heterocycles. The summed E-state index contributed by atoms with van der Waals surface area (Å²) in [6.45, 7) is 4.93. The van der Waals surface area contributed by atoms with E-state index in [2.05, 4.69) is 47.7 Å². The van der Waals surface area contributed by atoms with E-state index in [1.165, 1.54) is 0 Å². The van der Waals surface area contributed by atoms with Gasteiger partial charge in [0.05, 0.1) is 6.20 Å². The first-order chi connectivity index (χ1) is 8.33. The summed E-state index contributed by atoms with van der Waals surface area (Å²) in [7, 11) is 0. The molecule has 1 saturated heterocycles. The standard InChI is InChI=1S/C9H14N8/c1-6-5-17(3-2-10-6)9-12-8(14-15-9)7-4-11-16-13-7/h4,6,10H,2-3,5H2,1H3,(H,11,13,16)(H,12,14,15). The van der Waals surface area contributed by atoms with Crippen molar-refractivity contribution in [2.75, 3.05) is 24.5 Å². The number of nitrogens with one attached hydrogen (secondary N) is 3. The minimum absolute atomic E-state index is 0.456. The quantitative estimate of drug-likeness (QED) is 0.641. The van der Waals surface area contributed by atoms with Gasteiger partial charge in [-0.15, -0.1) is 5.10 Å². The SMILES string of the molecule is CC1CN(c2n[nH]c(-c3cn[nH]n3)n2)CCN1. The van der Waals surface area contributed by atoms with E-state index < -0.39 is 0 Å². The van der Waals surface area contributed by atoms with Crippen LogP contribution in [0.4, 0.5) is 5.95 Å². The Morgan fingerprint density at radius 1 is 1.41 bits per heavy atom. The molecule has 17 heavy (non-hydrogen) atoms. The van der Waals surface area contributed by atoms with Crippen LogP contribution in [0.2, 0.25) is 0 Å². The van der Waals surface area contributed by atoms with Gasteiger partial charge in [-0.2, -0.15) is 20.4 Å². The zero-order chi connectivity index (χ0) is 11.7. The first-order valence-corrected chi connectivity index (χ1v) is 5.60. The first kappa shape index (κ1) is 10.2. The van der Waals surface area contributed by atoms with Crippen LogP contribution in [0.1, 0.15) is 6.92 Å². The number of aromatic nitrogens is 6. The highest BCUT2D eigenvalue weighted by Crippen LogP contribution is 2.15. The highest BCUT2D eigenvalue weighted by molar-refractivity contribution is 5.49. The molecule has 0 saturated carbocycles. The largest absolute Gasteiger partial charge is 0.337 e. The molecule has 90 valence electrons. The number of hydrogen-bond donors (Lipinski definition) is 3. The van der Waals surface area contributed by atoms with Gasteiger partial charge in [0.2, 0.25) is 5.95 Å². The van der Waals surface area contributed by atoms with Gasteiger partial charge in [0.25, 0.3) is 0 Å². The van der Waals surface area contributed by atoms with Crippen molar-refractivity contribution in [2.45, 2.75) is 13.0 Å². The molecule has 1 fully saturated rings. The lowest BCUT2D eigenvalue weighted by molar-refractivity contribution is 0.480. The van der Waals surface area contributed by atoms with E-state index in [4.69, 9.17) is 0 Å². The number of hydrogen-bond acceptors (Lipinski definition) is 6. The van der Waals surface area contributed by atoms with Gasteiger partial charge in [-0.3, -0.25) is 5.10 Å². The average Bonchev–Trinajstić information content (AvgIpc) is 3.00. The fraction of sp³-hybridized carbons (Fsp3) is 0.556. The number of rotatable bonds is 2. The van der Waals surface area contributed by atoms with Crippen LogP contribution in [0.5, 0.6) is 0 Å². The van der Waals surface area contributed by atoms with Crippen molar-refractivity contribution in [3.05, 3.63) is 6.20 Å². The maximum absolute atomic E-state index is 4.42. The Hall–Kier alpha value is -1.96. The third-order valence-electron chi connectivity index (χ3n) is 2.78. The summed E-state index contributed by atoms with van der Waals surface area (Å²) in [4.78, 5) is 6.57. The molecular formula is C9H14N8. The van der Waals surface area contributed by atoms with Gasteiger partial charge in [0, 0.05) is 25.7 Å². The Labute approximate surface area is 97.8 Å². The molecule has 3 N–H and O–H groups in total. The normalized spacial score (nSPS) is 20.8. The lowest BCUT2D eigenvalue weighted by Gasteiger charge is -2.30. The van der Waals surface area contributed by atoms with Crippen LogP contribution in [0, 0.1) is 0 Å². The van der Waals surface area contributed by atoms with Crippen LogP contribution in [-0.2, 0) is 0 Å². The van der Waals surface area contributed by atoms with Gasteiger partial charge in [-0.25, -0.2) is 0 Å². The molecule has 1 atom stereocenters. The Kier molecular flexibility index (Phi) is 2.48. The summed E-state index contributed by atoms with van der Waals surface area (Å²) in [5.74, 6) is 1.36. The summed E-state index contributed by atoms with van der Waals surface area (Å²) in [5, 5.41) is 20.7. The zero-order valence-corrected chi connectivity index (χ0v) is 9.51. The Bertz CT molecular complexity index is 475. The Morgan fingerprint density at radius 3 is 3.12 bits per heavy atom. The third kappa shape index (κ3) is 1.98. The lowest BCUT2D eigenvalue weighted by Crippen LogP contribution is -2.49. The first-order valence-electron chi connectivity index (χ1n) is 5.60. The van der Waals surface area contributed by atoms with Gasteiger partial charge in [-0.05, 0) is 6.92 Å². The molecule has 0 amide bonds. The van der Waals surface area contributed by atoms with Gasteiger partial charge >= 0.3 is 0 Å². The highest BCUT2D eigenvalue weighted by Gasteiger charge is 2.19. The number of aromatic amines is 2.